The van der Waals surface area contributed by atoms with Crippen molar-refractivity contribution in [2.24, 2.45) is 5.92 Å². The van der Waals surface area contributed by atoms with E-state index in [2.05, 4.69) is 6.58 Å². The summed E-state index contributed by atoms with van der Waals surface area (Å²) in [6.45, 7) is 4.10. The summed E-state index contributed by atoms with van der Waals surface area (Å²) in [5.41, 5.74) is 0. The Kier molecular flexibility index (Phi) is 2.84. The Labute approximate surface area is 76.2 Å². The van der Waals surface area contributed by atoms with Crippen LogP contribution in [-0.4, -0.2) is 28.4 Å². The van der Waals surface area contributed by atoms with Crippen LogP contribution in [0.2, 0.25) is 0 Å². The molecule has 1 unspecified atom stereocenters. The lowest BCUT2D eigenvalue weighted by molar-refractivity contribution is -0.131. The Morgan fingerprint density at radius 2 is 2.38 bits per heavy atom. The fraction of sp³-hybridized carbons (Fsp3) is 0.333. The molecule has 0 aromatic rings. The fourth-order valence-corrected chi connectivity index (χ4v) is 1.25. The fourth-order valence-electron chi connectivity index (χ4n) is 1.25. The van der Waals surface area contributed by atoms with Gasteiger partial charge in [0.05, 0.1) is 5.92 Å². The molecule has 4 nitrogen and oxygen atoms in total. The van der Waals surface area contributed by atoms with Crippen LogP contribution in [0.4, 0.5) is 0 Å². The van der Waals surface area contributed by atoms with Gasteiger partial charge >= 0.3 is 5.97 Å². The highest BCUT2D eigenvalue weighted by atomic mass is 16.4. The second-order valence-corrected chi connectivity index (χ2v) is 2.82. The summed E-state index contributed by atoms with van der Waals surface area (Å²) >= 11 is 0. The number of carbonyl (C=O) groups is 2. The van der Waals surface area contributed by atoms with Crippen molar-refractivity contribution < 1.29 is 14.7 Å². The first kappa shape index (κ1) is 9.51. The van der Waals surface area contributed by atoms with Crippen LogP contribution in [0.1, 0.15) is 6.42 Å². The molecule has 0 aromatic carbocycles. The van der Waals surface area contributed by atoms with Crippen molar-refractivity contribution in [2.45, 2.75) is 6.42 Å². The number of hydrogen-bond donors (Lipinski definition) is 1. The van der Waals surface area contributed by atoms with Gasteiger partial charge in [-0.05, 0) is 6.42 Å². The van der Waals surface area contributed by atoms with Crippen LogP contribution in [0.15, 0.2) is 24.9 Å². The molecule has 0 radical (unpaired) electrons. The van der Waals surface area contributed by atoms with Gasteiger partial charge in [-0.2, -0.15) is 0 Å². The summed E-state index contributed by atoms with van der Waals surface area (Å²) in [6.07, 6.45) is 4.57. The lowest BCUT2D eigenvalue weighted by atomic mass is 10.1. The van der Waals surface area contributed by atoms with Crippen molar-refractivity contribution >= 4 is 11.9 Å². The third kappa shape index (κ3) is 2.18. The lowest BCUT2D eigenvalue weighted by Crippen LogP contribution is -2.21. The van der Waals surface area contributed by atoms with Gasteiger partial charge in [-0.1, -0.05) is 6.08 Å². The molecule has 1 aliphatic rings. The normalized spacial score (nSPS) is 22.6. The van der Waals surface area contributed by atoms with Gasteiger partial charge < -0.3 is 10.0 Å². The number of nitrogens with zero attached hydrogens (tertiary/aromatic N) is 1. The van der Waals surface area contributed by atoms with Crippen molar-refractivity contribution in [2.75, 3.05) is 6.54 Å². The Balaban J connectivity index is 2.60. The van der Waals surface area contributed by atoms with Gasteiger partial charge in [-0.25, -0.2) is 4.79 Å². The number of carbonyl (C=O) groups excluding carboxylic acids is 1. The van der Waals surface area contributed by atoms with E-state index in [9.17, 15) is 9.59 Å². The second-order valence-electron chi connectivity index (χ2n) is 2.82. The number of amides is 1. The number of rotatable bonds is 3. The number of carboxylic acids is 1. The maximum Gasteiger partial charge on any atom is 0.329 e. The zero-order valence-electron chi connectivity index (χ0n) is 7.14. The van der Waals surface area contributed by atoms with Crippen LogP contribution in [0, 0.1) is 5.92 Å². The highest BCUT2D eigenvalue weighted by Crippen LogP contribution is 2.18. The molecule has 1 heterocycles. The zero-order chi connectivity index (χ0) is 9.84. The Bertz CT molecular complexity index is 270. The van der Waals surface area contributed by atoms with E-state index in [0.717, 1.165) is 6.08 Å². The minimum Gasteiger partial charge on any atom is -0.478 e. The van der Waals surface area contributed by atoms with Gasteiger partial charge in [0.25, 0.3) is 0 Å². The summed E-state index contributed by atoms with van der Waals surface area (Å²) in [5.74, 6) is -1.28. The molecule has 4 heteroatoms. The monoisotopic (exact) mass is 181 g/mol. The third-order valence-electron chi connectivity index (χ3n) is 1.96. The molecule has 0 spiro atoms. The average Bonchev–Trinajstić information content (AvgIpc) is 2.43. The molecule has 0 bridgehead atoms. The van der Waals surface area contributed by atoms with E-state index in [4.69, 9.17) is 5.11 Å². The topological polar surface area (TPSA) is 57.6 Å². The minimum atomic E-state index is -1.05. The van der Waals surface area contributed by atoms with Crippen LogP contribution in [-0.2, 0) is 9.59 Å². The summed E-state index contributed by atoms with van der Waals surface area (Å²) in [4.78, 5) is 22.9. The summed E-state index contributed by atoms with van der Waals surface area (Å²) in [5, 5.41) is 8.34. The van der Waals surface area contributed by atoms with E-state index in [1.165, 1.54) is 11.1 Å². The van der Waals surface area contributed by atoms with E-state index >= 15 is 0 Å². The Hall–Kier alpha value is -1.58. The molecule has 1 amide bonds. The van der Waals surface area contributed by atoms with Gasteiger partial charge in [-0.15, -0.1) is 6.58 Å². The number of hydrogen-bond acceptors (Lipinski definition) is 2. The lowest BCUT2D eigenvalue weighted by Gasteiger charge is -2.08. The van der Waals surface area contributed by atoms with E-state index in [1.54, 1.807) is 6.08 Å². The highest BCUT2D eigenvalue weighted by molar-refractivity contribution is 5.85. The van der Waals surface area contributed by atoms with Crippen LogP contribution in [0.25, 0.3) is 0 Å². The third-order valence-corrected chi connectivity index (χ3v) is 1.96. The highest BCUT2D eigenvalue weighted by Gasteiger charge is 2.27. The first-order chi connectivity index (χ1) is 6.15. The molecule has 13 heavy (non-hydrogen) atoms. The van der Waals surface area contributed by atoms with Gasteiger partial charge in [0, 0.05) is 18.8 Å². The van der Waals surface area contributed by atoms with Crippen molar-refractivity contribution in [3.63, 3.8) is 0 Å². The summed E-state index contributed by atoms with van der Waals surface area (Å²) in [7, 11) is 0. The van der Waals surface area contributed by atoms with Crippen LogP contribution >= 0.6 is 0 Å². The quantitative estimate of drug-likeness (QED) is 0.513. The van der Waals surface area contributed by atoms with Crippen LogP contribution < -0.4 is 0 Å². The minimum absolute atomic E-state index is 0.0764. The Morgan fingerprint density at radius 1 is 1.69 bits per heavy atom. The standard InChI is InChI=1S/C9H11NO3/c1-2-7-3-5-10(9(7)13)6-4-8(11)12/h2,4,6-7H,1,3,5H2,(H,11,12). The van der Waals surface area contributed by atoms with Crippen molar-refractivity contribution in [3.8, 4) is 0 Å². The second kappa shape index (κ2) is 3.89. The van der Waals surface area contributed by atoms with Gasteiger partial charge in [0.1, 0.15) is 0 Å². The maximum absolute atomic E-state index is 11.4. The van der Waals surface area contributed by atoms with Gasteiger partial charge in [-0.3, -0.25) is 4.79 Å². The van der Waals surface area contributed by atoms with Crippen molar-refractivity contribution in [1.82, 2.24) is 4.90 Å². The van der Waals surface area contributed by atoms with E-state index in [-0.39, 0.29) is 11.8 Å². The predicted molar refractivity (Wildman–Crippen MR) is 46.8 cm³/mol. The zero-order valence-corrected chi connectivity index (χ0v) is 7.14. The molecule has 1 N–H and O–H groups in total. The molecule has 70 valence electrons. The molecular formula is C9H11NO3. The van der Waals surface area contributed by atoms with Crippen molar-refractivity contribution in [1.29, 1.82) is 0 Å². The molecule has 1 aliphatic heterocycles. The summed E-state index contributed by atoms with van der Waals surface area (Å²) in [6, 6.07) is 0. The average molecular weight is 181 g/mol. The van der Waals surface area contributed by atoms with Gasteiger partial charge in [0.15, 0.2) is 0 Å². The van der Waals surface area contributed by atoms with Crippen molar-refractivity contribution in [3.05, 3.63) is 24.9 Å². The molecule has 1 atom stereocenters. The number of likely N-dealkylation sites (tertiary alicyclic amines) is 1. The molecular weight excluding hydrogens is 170 g/mol. The molecule has 1 saturated heterocycles. The van der Waals surface area contributed by atoms with E-state index < -0.39 is 5.97 Å². The number of aliphatic carboxylic acids is 1. The Morgan fingerprint density at radius 3 is 2.85 bits per heavy atom. The van der Waals surface area contributed by atoms with E-state index in [0.29, 0.717) is 13.0 Å². The predicted octanol–water partition coefficient (Wildman–Crippen LogP) is 0.619. The van der Waals surface area contributed by atoms with Crippen LogP contribution in [0.3, 0.4) is 0 Å². The SMILES string of the molecule is C=CC1CCN(C=CC(=O)O)C1=O. The van der Waals surface area contributed by atoms with Gasteiger partial charge in [0.2, 0.25) is 5.91 Å². The molecule has 0 aliphatic carbocycles. The molecule has 1 fully saturated rings. The number of carboxylic acid groups (broad SMARTS) is 1. The molecule has 0 saturated carbocycles. The van der Waals surface area contributed by atoms with Crippen LogP contribution in [0.5, 0.6) is 0 Å². The first-order valence-corrected chi connectivity index (χ1v) is 3.99. The summed E-state index contributed by atoms with van der Waals surface area (Å²) < 4.78 is 0. The largest absolute Gasteiger partial charge is 0.478 e. The molecule has 0 aromatic heterocycles. The maximum atomic E-state index is 11.4. The van der Waals surface area contributed by atoms with E-state index in [1.807, 2.05) is 0 Å². The molecule has 1 rings (SSSR count). The first-order valence-electron chi connectivity index (χ1n) is 3.99. The smallest absolute Gasteiger partial charge is 0.329 e.